The van der Waals surface area contributed by atoms with Crippen molar-refractivity contribution >= 4 is 11.6 Å². The lowest BCUT2D eigenvalue weighted by molar-refractivity contribution is 0.647. The van der Waals surface area contributed by atoms with Crippen molar-refractivity contribution in [2.45, 2.75) is 18.9 Å². The summed E-state index contributed by atoms with van der Waals surface area (Å²) >= 11 is 6.28. The monoisotopic (exact) mass is 248 g/mol. The summed E-state index contributed by atoms with van der Waals surface area (Å²) in [6.45, 7) is 1.09. The third kappa shape index (κ3) is 2.06. The summed E-state index contributed by atoms with van der Waals surface area (Å²) in [5.74, 6) is 0. The Morgan fingerprint density at radius 1 is 1.41 bits per heavy atom. The zero-order chi connectivity index (χ0) is 11.7. The lowest BCUT2D eigenvalue weighted by atomic mass is 10.1. The van der Waals surface area contributed by atoms with E-state index in [-0.39, 0.29) is 0 Å². The van der Waals surface area contributed by atoms with Crippen LogP contribution in [0.5, 0.6) is 0 Å². The molecule has 0 saturated carbocycles. The van der Waals surface area contributed by atoms with Gasteiger partial charge in [-0.3, -0.25) is 0 Å². The minimum absolute atomic E-state index is 0.442. The predicted molar refractivity (Wildman–Crippen MR) is 66.3 cm³/mol. The third-order valence-electron chi connectivity index (χ3n) is 3.10. The van der Waals surface area contributed by atoms with Crippen molar-refractivity contribution in [3.05, 3.63) is 41.4 Å². The van der Waals surface area contributed by atoms with Gasteiger partial charge in [0.05, 0.1) is 10.7 Å². The van der Waals surface area contributed by atoms with Gasteiger partial charge in [-0.15, -0.1) is 0 Å². The Labute approximate surface area is 105 Å². The van der Waals surface area contributed by atoms with Crippen molar-refractivity contribution < 1.29 is 0 Å². The van der Waals surface area contributed by atoms with Gasteiger partial charge in [0, 0.05) is 6.04 Å². The molecule has 1 saturated heterocycles. The van der Waals surface area contributed by atoms with E-state index in [0.717, 1.165) is 12.2 Å². The molecule has 1 aliphatic heterocycles. The molecule has 0 radical (unpaired) electrons. The molecule has 0 aliphatic carbocycles. The van der Waals surface area contributed by atoms with Crippen LogP contribution in [-0.4, -0.2) is 21.3 Å². The quantitative estimate of drug-likeness (QED) is 0.887. The SMILES string of the molecule is Clc1cc(C2CCCN2)ccc1-n1cncn1. The first-order valence-electron chi connectivity index (χ1n) is 5.72. The van der Waals surface area contributed by atoms with E-state index < -0.39 is 0 Å². The molecule has 0 spiro atoms. The van der Waals surface area contributed by atoms with Crippen molar-refractivity contribution in [2.24, 2.45) is 0 Å². The van der Waals surface area contributed by atoms with Crippen molar-refractivity contribution in [1.29, 1.82) is 0 Å². The number of hydrogen-bond acceptors (Lipinski definition) is 3. The van der Waals surface area contributed by atoms with Crippen LogP contribution in [0.15, 0.2) is 30.9 Å². The Morgan fingerprint density at radius 3 is 3.00 bits per heavy atom. The van der Waals surface area contributed by atoms with E-state index in [1.165, 1.54) is 24.7 Å². The Balaban J connectivity index is 1.94. The second kappa shape index (κ2) is 4.47. The second-order valence-electron chi connectivity index (χ2n) is 4.20. The topological polar surface area (TPSA) is 42.7 Å². The summed E-state index contributed by atoms with van der Waals surface area (Å²) in [4.78, 5) is 3.92. The molecule has 4 nitrogen and oxygen atoms in total. The van der Waals surface area contributed by atoms with E-state index in [0.29, 0.717) is 11.1 Å². The van der Waals surface area contributed by atoms with Crippen LogP contribution in [0.1, 0.15) is 24.4 Å². The highest BCUT2D eigenvalue weighted by molar-refractivity contribution is 6.32. The van der Waals surface area contributed by atoms with Crippen molar-refractivity contribution in [1.82, 2.24) is 20.1 Å². The van der Waals surface area contributed by atoms with Crippen molar-refractivity contribution in [3.63, 3.8) is 0 Å². The number of nitrogens with zero attached hydrogens (tertiary/aromatic N) is 3. The Bertz CT molecular complexity index is 503. The van der Waals surface area contributed by atoms with Crippen molar-refractivity contribution in [3.8, 4) is 5.69 Å². The van der Waals surface area contributed by atoms with Gasteiger partial charge < -0.3 is 5.32 Å². The minimum atomic E-state index is 0.442. The molecule has 3 rings (SSSR count). The molecule has 1 atom stereocenters. The highest BCUT2D eigenvalue weighted by Gasteiger charge is 2.17. The third-order valence-corrected chi connectivity index (χ3v) is 3.40. The summed E-state index contributed by atoms with van der Waals surface area (Å²) < 4.78 is 1.67. The average molecular weight is 249 g/mol. The average Bonchev–Trinajstić information content (AvgIpc) is 3.02. The smallest absolute Gasteiger partial charge is 0.138 e. The number of nitrogens with one attached hydrogen (secondary N) is 1. The van der Waals surface area contributed by atoms with E-state index in [4.69, 9.17) is 11.6 Å². The molecular formula is C12H13ClN4. The zero-order valence-electron chi connectivity index (χ0n) is 9.31. The van der Waals surface area contributed by atoms with Crippen LogP contribution in [0, 0.1) is 0 Å². The van der Waals surface area contributed by atoms with Gasteiger partial charge in [0.25, 0.3) is 0 Å². The lowest BCUT2D eigenvalue weighted by Gasteiger charge is -2.12. The molecule has 88 valence electrons. The molecule has 1 N–H and O–H groups in total. The highest BCUT2D eigenvalue weighted by Crippen LogP contribution is 2.28. The second-order valence-corrected chi connectivity index (χ2v) is 4.61. The maximum Gasteiger partial charge on any atom is 0.138 e. The molecule has 0 amide bonds. The fourth-order valence-electron chi connectivity index (χ4n) is 2.23. The fourth-order valence-corrected chi connectivity index (χ4v) is 2.50. The largest absolute Gasteiger partial charge is 0.310 e. The maximum atomic E-state index is 6.28. The van der Waals surface area contributed by atoms with E-state index in [9.17, 15) is 0 Å². The Morgan fingerprint density at radius 2 is 2.35 bits per heavy atom. The summed E-state index contributed by atoms with van der Waals surface area (Å²) in [6, 6.07) is 6.55. The van der Waals surface area contributed by atoms with Gasteiger partial charge in [-0.1, -0.05) is 17.7 Å². The first-order chi connectivity index (χ1) is 8.34. The fraction of sp³-hybridized carbons (Fsp3) is 0.333. The van der Waals surface area contributed by atoms with Crippen molar-refractivity contribution in [2.75, 3.05) is 6.54 Å². The number of rotatable bonds is 2. The van der Waals surface area contributed by atoms with E-state index in [1.54, 1.807) is 11.0 Å². The molecule has 1 fully saturated rings. The molecule has 0 bridgehead atoms. The minimum Gasteiger partial charge on any atom is -0.310 e. The molecule has 5 heteroatoms. The van der Waals surface area contributed by atoms with Crippen LogP contribution >= 0.6 is 11.6 Å². The molecule has 1 aromatic heterocycles. The molecule has 1 aliphatic rings. The molecular weight excluding hydrogens is 236 g/mol. The van der Waals surface area contributed by atoms with Gasteiger partial charge in [-0.25, -0.2) is 9.67 Å². The first kappa shape index (κ1) is 10.7. The molecule has 2 aromatic rings. The highest BCUT2D eigenvalue weighted by atomic mass is 35.5. The van der Waals surface area contributed by atoms with E-state index in [2.05, 4.69) is 21.5 Å². The Hall–Kier alpha value is -1.39. The van der Waals surface area contributed by atoms with E-state index in [1.807, 2.05) is 12.1 Å². The van der Waals surface area contributed by atoms with E-state index >= 15 is 0 Å². The van der Waals surface area contributed by atoms with Crippen LogP contribution in [0.3, 0.4) is 0 Å². The van der Waals surface area contributed by atoms with Gasteiger partial charge in [0.2, 0.25) is 0 Å². The zero-order valence-corrected chi connectivity index (χ0v) is 10.1. The Kier molecular flexibility index (Phi) is 2.82. The van der Waals surface area contributed by atoms with Crippen LogP contribution in [-0.2, 0) is 0 Å². The van der Waals surface area contributed by atoms with Crippen LogP contribution in [0.4, 0.5) is 0 Å². The predicted octanol–water partition coefficient (Wildman–Crippen LogP) is 2.35. The summed E-state index contributed by atoms with van der Waals surface area (Å²) in [7, 11) is 0. The summed E-state index contributed by atoms with van der Waals surface area (Å²) in [5, 5.41) is 8.25. The molecule has 1 aromatic carbocycles. The standard InChI is InChI=1S/C12H13ClN4/c13-10-6-9(11-2-1-5-15-11)3-4-12(10)17-8-14-7-16-17/h3-4,6-8,11,15H,1-2,5H2. The lowest BCUT2D eigenvalue weighted by Crippen LogP contribution is -2.12. The summed E-state index contributed by atoms with van der Waals surface area (Å²) in [6.07, 6.45) is 5.56. The van der Waals surface area contributed by atoms with Gasteiger partial charge in [0.1, 0.15) is 12.7 Å². The van der Waals surface area contributed by atoms with Gasteiger partial charge >= 0.3 is 0 Å². The van der Waals surface area contributed by atoms with Crippen LogP contribution in [0.25, 0.3) is 5.69 Å². The molecule has 17 heavy (non-hydrogen) atoms. The maximum absolute atomic E-state index is 6.28. The van der Waals surface area contributed by atoms with Gasteiger partial charge in [0.15, 0.2) is 0 Å². The number of benzene rings is 1. The number of halogens is 1. The normalized spacial score (nSPS) is 19.7. The first-order valence-corrected chi connectivity index (χ1v) is 6.10. The molecule has 1 unspecified atom stereocenters. The van der Waals surface area contributed by atoms with Crippen LogP contribution in [0.2, 0.25) is 5.02 Å². The number of aromatic nitrogens is 3. The van der Waals surface area contributed by atoms with Gasteiger partial charge in [-0.05, 0) is 37.1 Å². The number of hydrogen-bond donors (Lipinski definition) is 1. The summed E-state index contributed by atoms with van der Waals surface area (Å²) in [5.41, 5.74) is 2.11. The molecule has 2 heterocycles. The van der Waals surface area contributed by atoms with Crippen LogP contribution < -0.4 is 5.32 Å². The van der Waals surface area contributed by atoms with Gasteiger partial charge in [-0.2, -0.15) is 5.10 Å².